The van der Waals surface area contributed by atoms with Crippen molar-refractivity contribution < 1.29 is 18.9 Å². The molecule has 1 unspecified atom stereocenters. The van der Waals surface area contributed by atoms with Crippen molar-refractivity contribution in [1.29, 1.82) is 0 Å². The summed E-state index contributed by atoms with van der Waals surface area (Å²) >= 11 is 3.70. The van der Waals surface area contributed by atoms with E-state index in [1.54, 1.807) is 0 Å². The Morgan fingerprint density at radius 3 is 1.24 bits per heavy atom. The Balaban J connectivity index is 0.000000143. The highest BCUT2D eigenvalue weighted by Crippen LogP contribution is 2.42. The third-order valence-electron chi connectivity index (χ3n) is 21.4. The zero-order valence-electron chi connectivity index (χ0n) is 63.1. The first-order chi connectivity index (χ1) is 52.0. The van der Waals surface area contributed by atoms with E-state index >= 15 is 0 Å². The maximum absolute atomic E-state index is 12.7. The van der Waals surface area contributed by atoms with Crippen molar-refractivity contribution in [3.63, 3.8) is 0 Å². The lowest BCUT2D eigenvalue weighted by atomic mass is 9.99. The molecule has 7 N–H and O–H groups in total. The van der Waals surface area contributed by atoms with Crippen molar-refractivity contribution in [2.45, 2.75) is 164 Å². The van der Waals surface area contributed by atoms with E-state index in [0.717, 1.165) is 251 Å². The predicted molar refractivity (Wildman–Crippen MR) is 433 cm³/mol. The highest BCUT2D eigenvalue weighted by Gasteiger charge is 2.28. The van der Waals surface area contributed by atoms with Crippen LogP contribution in [0.2, 0.25) is 0 Å². The molecule has 3 aromatic carbocycles. The highest BCUT2D eigenvalue weighted by atomic mass is 79.9. The lowest BCUT2D eigenvalue weighted by molar-refractivity contribution is -0.0394. The van der Waals surface area contributed by atoms with Crippen LogP contribution in [0.3, 0.4) is 0 Å². The summed E-state index contributed by atoms with van der Waals surface area (Å²) in [5.41, 5.74) is 15.3. The summed E-state index contributed by atoms with van der Waals surface area (Å²) in [6.07, 6.45) is 22.7. The average Bonchev–Trinajstić information content (AvgIpc) is 0.841. The largest absolute Gasteiger partial charge is 0.381 e. The molecule has 0 amide bonds. The number of hydrogen-bond donors (Lipinski definition) is 7. The normalized spacial score (nSPS) is 15.9. The van der Waals surface area contributed by atoms with Crippen molar-refractivity contribution in [1.82, 2.24) is 49.9 Å². The smallest absolute Gasteiger partial charge is 0.253 e. The maximum atomic E-state index is 12.7. The first-order valence-electron chi connectivity index (χ1n) is 38.0. The van der Waals surface area contributed by atoms with E-state index in [0.29, 0.717) is 37.8 Å². The minimum atomic E-state index is -0.0642. The van der Waals surface area contributed by atoms with Gasteiger partial charge in [0.15, 0.2) is 0 Å². The number of nitrogens with one attached hydrogen (secondary N) is 7. The number of H-pyrrole nitrogens is 4. The number of ether oxygens (including phenoxy) is 4. The fourth-order valence-electron chi connectivity index (χ4n) is 15.9. The minimum absolute atomic E-state index is 0.0125. The fourth-order valence-corrected chi connectivity index (χ4v) is 16.3. The van der Waals surface area contributed by atoms with E-state index in [1.165, 1.54) is 17.1 Å². The molecule has 4 aliphatic rings. The molecule has 0 bridgehead atoms. The van der Waals surface area contributed by atoms with Gasteiger partial charge in [0.05, 0.1) is 12.4 Å². The first kappa shape index (κ1) is 75.5. The molecule has 0 radical (unpaired) electrons. The van der Waals surface area contributed by atoms with Crippen LogP contribution >= 0.6 is 15.9 Å². The van der Waals surface area contributed by atoms with Crippen LogP contribution in [0.15, 0.2) is 135 Å². The number of anilines is 6. The van der Waals surface area contributed by atoms with Crippen LogP contribution in [0.5, 0.6) is 0 Å². The van der Waals surface area contributed by atoms with E-state index in [1.807, 2.05) is 102 Å². The second kappa shape index (κ2) is 34.9. The van der Waals surface area contributed by atoms with Gasteiger partial charge in [0.25, 0.3) is 16.7 Å². The molecule has 4 aliphatic heterocycles. The Morgan fingerprint density at radius 1 is 0.467 bits per heavy atom. The number of fused-ring (bicyclic) bond motifs is 3. The number of pyridine rings is 6. The molecule has 8 aromatic heterocycles. The van der Waals surface area contributed by atoms with Gasteiger partial charge in [-0.2, -0.15) is 10.2 Å². The monoisotopic (exact) mass is 1510 g/mol. The van der Waals surface area contributed by atoms with Gasteiger partial charge in [-0.05, 0) is 221 Å². The summed E-state index contributed by atoms with van der Waals surface area (Å²) in [4.78, 5) is 67.9. The van der Waals surface area contributed by atoms with E-state index in [9.17, 15) is 14.4 Å². The number of aromatic amines is 4. The zero-order valence-corrected chi connectivity index (χ0v) is 64.7. The molecule has 0 aliphatic carbocycles. The standard InChI is InChI=1S/C32H40N6O3.C27H32N6O2.C24H29BrN4O2/c1-4-37(25-9-13-40-14-10-25)29-17-23(24-18-35-38(20-24)30-7-5-6-12-41-30)16-27-26(29)8-11-33-31(27)34-19-28-21(2)15-22(3)36-32(28)39;1-4-33(21-6-9-35-10-7-21)25-13-19(20-14-30-31-15-20)12-23-22(25)5-8-28-26(23)29-16-24-17(2)11-18(3)32-27(24)34;1-4-29(18-6-9-31-10-7-18)22-13-17(25)12-20-19(22)5-8-26-23(20)27-14-21-15(2)11-16(3)28-24(21)30/h8,11,15-18,20,25,30H,4-7,9-10,12-14,19H2,1-3H3,(H,33,34)(H,36,39);5,8,11-15,21H,4,6-7,9-10,16H2,1-3H3,(H,28,29)(H,30,31)(H,32,34);5,8,11-13,18H,4,6-7,9-10,14H2,1-3H3,(H,26,27)(H,28,30). The molecular formula is C83H101BrN16O7. The number of rotatable bonds is 21. The Morgan fingerprint density at radius 2 is 0.869 bits per heavy atom. The second-order valence-corrected chi connectivity index (χ2v) is 29.4. The quantitative estimate of drug-likeness (QED) is 0.0352. The van der Waals surface area contributed by atoms with E-state index in [-0.39, 0.29) is 22.9 Å². The topological polar surface area (TPSA) is 266 Å². The number of nitrogens with zero attached hydrogens (tertiary/aromatic N) is 9. The van der Waals surface area contributed by atoms with Gasteiger partial charge >= 0.3 is 0 Å². The Kier molecular flexibility index (Phi) is 24.6. The molecule has 4 saturated heterocycles. The Labute approximate surface area is 633 Å². The minimum Gasteiger partial charge on any atom is -0.381 e. The summed E-state index contributed by atoms with van der Waals surface area (Å²) in [5.74, 6) is 2.30. The van der Waals surface area contributed by atoms with Gasteiger partial charge < -0.3 is 64.5 Å². The van der Waals surface area contributed by atoms with Crippen molar-refractivity contribution >= 4 is 82.8 Å². The van der Waals surface area contributed by atoms with Crippen molar-refractivity contribution in [2.24, 2.45) is 0 Å². The summed E-state index contributed by atoms with van der Waals surface area (Å²) in [7, 11) is 0. The molecule has 1 atom stereocenters. The molecule has 107 heavy (non-hydrogen) atoms. The number of aryl methyl sites for hydroxylation is 6. The third-order valence-corrected chi connectivity index (χ3v) is 21.8. The maximum Gasteiger partial charge on any atom is 0.253 e. The summed E-state index contributed by atoms with van der Waals surface area (Å²) in [5, 5.41) is 28.7. The molecule has 4 fully saturated rings. The van der Waals surface area contributed by atoms with Crippen LogP contribution in [0, 0.1) is 41.5 Å². The van der Waals surface area contributed by atoms with Gasteiger partial charge in [0.1, 0.15) is 23.7 Å². The zero-order chi connectivity index (χ0) is 74.7. The Hall–Kier alpha value is -9.72. The lowest BCUT2D eigenvalue weighted by Gasteiger charge is -2.36. The molecule has 0 saturated carbocycles. The van der Waals surface area contributed by atoms with Gasteiger partial charge in [-0.15, -0.1) is 0 Å². The SMILES string of the molecule is CCN(c1cc(-c2cn[nH]c2)cc2c(NCc3c(C)cc(C)[nH]c3=O)nccc12)C1CCOCC1.CCN(c1cc(-c2cnn(C3CCCCO3)c2)cc2c(NCc3c(C)cc(C)[nH]c3=O)nccc12)C1CCOCC1.CCN(c1cc(Br)cc2c(NCc3c(C)cc(C)[nH]c3=O)nccc12)C1CCOCC1. The van der Waals surface area contributed by atoms with Gasteiger partial charge in [-0.25, -0.2) is 19.6 Å². The van der Waals surface area contributed by atoms with Crippen molar-refractivity contribution in [2.75, 3.05) is 96.5 Å². The van der Waals surface area contributed by atoms with Crippen molar-refractivity contribution in [3.05, 3.63) is 202 Å². The molecular weight excluding hydrogens is 1410 g/mol. The van der Waals surface area contributed by atoms with Gasteiger partial charge in [0, 0.05) is 233 Å². The van der Waals surface area contributed by atoms with Crippen LogP contribution in [-0.2, 0) is 38.6 Å². The lowest BCUT2D eigenvalue weighted by Crippen LogP contribution is -2.39. The summed E-state index contributed by atoms with van der Waals surface area (Å²) in [6, 6.07) is 26.8. The van der Waals surface area contributed by atoms with Gasteiger partial charge in [0.2, 0.25) is 0 Å². The van der Waals surface area contributed by atoms with Gasteiger partial charge in [-0.1, -0.05) is 15.9 Å². The number of halogens is 1. The predicted octanol–water partition coefficient (Wildman–Crippen LogP) is 15.2. The molecule has 12 heterocycles. The molecule has 11 aromatic rings. The fraction of sp³-hybridized carbons (Fsp3) is 0.422. The van der Waals surface area contributed by atoms with E-state index in [2.05, 4.69) is 163 Å². The Bertz CT molecular complexity index is 5070. The second-order valence-electron chi connectivity index (χ2n) is 28.5. The van der Waals surface area contributed by atoms with Crippen molar-refractivity contribution in [3.8, 4) is 22.3 Å². The van der Waals surface area contributed by atoms with Crippen LogP contribution < -0.4 is 47.3 Å². The molecule has 15 rings (SSSR count). The van der Waals surface area contributed by atoms with Crippen LogP contribution in [-0.4, -0.2) is 134 Å². The van der Waals surface area contributed by atoms with Gasteiger partial charge in [-0.3, -0.25) is 19.5 Å². The summed E-state index contributed by atoms with van der Waals surface area (Å²) in [6.45, 7) is 27.7. The summed E-state index contributed by atoms with van der Waals surface area (Å²) < 4.78 is 25.9. The van der Waals surface area contributed by atoms with Crippen LogP contribution in [0.1, 0.15) is 135 Å². The molecule has 24 heteroatoms. The number of aromatic nitrogens is 10. The van der Waals surface area contributed by atoms with Crippen LogP contribution in [0.25, 0.3) is 54.6 Å². The molecule has 562 valence electrons. The first-order valence-corrected chi connectivity index (χ1v) is 38.8. The van der Waals surface area contributed by atoms with Crippen LogP contribution in [0.4, 0.5) is 34.5 Å². The molecule has 23 nitrogen and oxygen atoms in total. The number of benzene rings is 3. The highest BCUT2D eigenvalue weighted by molar-refractivity contribution is 9.10. The molecule has 0 spiro atoms. The average molecular weight is 1510 g/mol. The van der Waals surface area contributed by atoms with E-state index in [4.69, 9.17) is 29.0 Å². The third kappa shape index (κ3) is 17.5. The van der Waals surface area contributed by atoms with E-state index < -0.39 is 0 Å². The number of hydrogen-bond acceptors (Lipinski definition) is 18.